The topological polar surface area (TPSA) is 58.4 Å². The molecule has 0 aromatic heterocycles. The molecule has 1 aliphatic rings. The van der Waals surface area contributed by atoms with Gasteiger partial charge in [0.25, 0.3) is 0 Å². The van der Waals surface area contributed by atoms with Crippen LogP contribution in [0.15, 0.2) is 30.9 Å². The highest BCUT2D eigenvalue weighted by atomic mass is 35.5. The Labute approximate surface area is 124 Å². The Morgan fingerprint density at radius 2 is 2.35 bits per heavy atom. The number of carbonyl (C=O) groups is 1. The molecule has 1 unspecified atom stereocenters. The van der Waals surface area contributed by atoms with Crippen LogP contribution in [0.5, 0.6) is 0 Å². The summed E-state index contributed by atoms with van der Waals surface area (Å²) in [6.07, 6.45) is 2.28. The summed E-state index contributed by atoms with van der Waals surface area (Å²) in [6.45, 7) is 6.44. The average Bonchev–Trinajstić information content (AvgIpc) is 2.46. The largest absolute Gasteiger partial charge is 0.320 e. The third-order valence-corrected chi connectivity index (χ3v) is 3.79. The zero-order chi connectivity index (χ0) is 14.5. The van der Waals surface area contributed by atoms with E-state index in [1.807, 2.05) is 0 Å². The Morgan fingerprint density at radius 3 is 3.05 bits per heavy atom. The maximum absolute atomic E-state index is 11.5. The van der Waals surface area contributed by atoms with Gasteiger partial charge < -0.3 is 5.73 Å². The minimum Gasteiger partial charge on any atom is -0.320 e. The van der Waals surface area contributed by atoms with Crippen LogP contribution in [-0.2, 0) is 24.3 Å². The first-order valence-corrected chi connectivity index (χ1v) is 7.10. The van der Waals surface area contributed by atoms with E-state index in [4.69, 9.17) is 17.5 Å². The predicted molar refractivity (Wildman–Crippen MR) is 81.3 cm³/mol. The van der Waals surface area contributed by atoms with Gasteiger partial charge in [0.2, 0.25) is 0 Å². The van der Waals surface area contributed by atoms with Crippen molar-refractivity contribution >= 4 is 17.6 Å². The van der Waals surface area contributed by atoms with Crippen molar-refractivity contribution < 1.29 is 4.79 Å². The second-order valence-corrected chi connectivity index (χ2v) is 5.38. The molecule has 0 radical (unpaired) electrons. The second kappa shape index (κ2) is 6.99. The molecule has 20 heavy (non-hydrogen) atoms. The lowest BCUT2D eigenvalue weighted by Gasteiger charge is -2.30. The van der Waals surface area contributed by atoms with Gasteiger partial charge >= 0.3 is 0 Å². The molecule has 1 aromatic carbocycles. The van der Waals surface area contributed by atoms with Crippen LogP contribution in [0, 0.1) is 0 Å². The zero-order valence-corrected chi connectivity index (χ0v) is 12.2. The van der Waals surface area contributed by atoms with Crippen molar-refractivity contribution in [3.05, 3.63) is 47.5 Å². The van der Waals surface area contributed by atoms with Crippen molar-refractivity contribution in [2.45, 2.75) is 25.6 Å². The van der Waals surface area contributed by atoms with E-state index in [0.29, 0.717) is 13.1 Å². The summed E-state index contributed by atoms with van der Waals surface area (Å²) in [7, 11) is 0. The van der Waals surface area contributed by atoms with Crippen LogP contribution in [-0.4, -0.2) is 29.8 Å². The summed E-state index contributed by atoms with van der Waals surface area (Å²) in [6, 6.07) is 5.93. The number of hydrogen-bond donors (Lipinski definition) is 2. The van der Waals surface area contributed by atoms with Gasteiger partial charge in [0.1, 0.15) is 0 Å². The molecule has 108 valence electrons. The van der Waals surface area contributed by atoms with Gasteiger partial charge in [-0.3, -0.25) is 9.69 Å². The van der Waals surface area contributed by atoms with E-state index in [0.717, 1.165) is 25.1 Å². The Hall–Kier alpha value is -1.20. The van der Waals surface area contributed by atoms with E-state index in [-0.39, 0.29) is 5.78 Å². The first kappa shape index (κ1) is 15.2. The molecular weight excluding hydrogens is 274 g/mol. The lowest BCUT2D eigenvalue weighted by Crippen LogP contribution is -2.43. The van der Waals surface area contributed by atoms with Crippen LogP contribution >= 0.6 is 11.8 Å². The number of nitrogens with one attached hydrogen (secondary N) is 1. The molecule has 1 aromatic rings. The van der Waals surface area contributed by atoms with E-state index in [1.54, 1.807) is 0 Å². The number of halogens is 1. The first-order valence-electron chi connectivity index (χ1n) is 6.72. The maximum Gasteiger partial charge on any atom is 0.173 e. The van der Waals surface area contributed by atoms with E-state index in [9.17, 15) is 4.79 Å². The van der Waals surface area contributed by atoms with Crippen LogP contribution in [0.1, 0.15) is 16.7 Å². The molecule has 0 amide bonds. The number of hydrogen-bond acceptors (Lipinski definition) is 4. The Bertz CT molecular complexity index is 504. The molecule has 3 N–H and O–H groups in total. The molecule has 0 bridgehead atoms. The highest BCUT2D eigenvalue weighted by Gasteiger charge is 2.20. The van der Waals surface area contributed by atoms with Crippen molar-refractivity contribution in [2.75, 3.05) is 13.1 Å². The Kier molecular flexibility index (Phi) is 5.31. The van der Waals surface area contributed by atoms with Crippen LogP contribution in [0.25, 0.3) is 0 Å². The number of carbonyl (C=O) groups excluding carboxylic acids is 1. The number of nitrogens with zero attached hydrogens (tertiary/aromatic N) is 1. The van der Waals surface area contributed by atoms with Crippen LogP contribution in [0.4, 0.5) is 0 Å². The summed E-state index contributed by atoms with van der Waals surface area (Å²) >= 11 is 5.54. The smallest absolute Gasteiger partial charge is 0.173 e. The average molecular weight is 294 g/mol. The van der Waals surface area contributed by atoms with E-state index >= 15 is 0 Å². The van der Waals surface area contributed by atoms with Gasteiger partial charge in [0.05, 0.1) is 6.04 Å². The Balaban J connectivity index is 2.03. The molecule has 0 saturated carbocycles. The molecule has 1 aliphatic heterocycles. The molecule has 4 nitrogen and oxygen atoms in total. The van der Waals surface area contributed by atoms with E-state index in [2.05, 4.69) is 34.5 Å². The molecule has 1 atom stereocenters. The summed E-state index contributed by atoms with van der Waals surface area (Å²) < 4.78 is 0. The lowest BCUT2D eigenvalue weighted by molar-refractivity contribution is -0.116. The number of fused-ring (bicyclic) bond motifs is 1. The molecular formula is C15H20ClN3O. The summed E-state index contributed by atoms with van der Waals surface area (Å²) in [5.74, 6) is -0.101. The van der Waals surface area contributed by atoms with Gasteiger partial charge in [-0.05, 0) is 41.0 Å². The molecule has 1 heterocycles. The third kappa shape index (κ3) is 3.67. The highest BCUT2D eigenvalue weighted by molar-refractivity contribution is 6.13. The summed E-state index contributed by atoms with van der Waals surface area (Å²) in [5, 5.41) is 0. The lowest BCUT2D eigenvalue weighted by atomic mass is 9.97. The molecule has 5 heteroatoms. The van der Waals surface area contributed by atoms with Crippen molar-refractivity contribution in [1.29, 1.82) is 0 Å². The van der Waals surface area contributed by atoms with Gasteiger partial charge in [-0.1, -0.05) is 24.8 Å². The SMILES string of the molecule is C=CC(=O)C(N)CN1CCc2ccc(CNCl)cc2C1. The van der Waals surface area contributed by atoms with Gasteiger partial charge in [0.15, 0.2) is 5.78 Å². The fourth-order valence-corrected chi connectivity index (χ4v) is 2.69. The predicted octanol–water partition coefficient (Wildman–Crippen LogP) is 1.37. The second-order valence-electron chi connectivity index (χ2n) is 5.11. The monoisotopic (exact) mass is 293 g/mol. The molecule has 0 saturated heterocycles. The van der Waals surface area contributed by atoms with E-state index in [1.165, 1.54) is 17.2 Å². The minimum absolute atomic E-state index is 0.101. The highest BCUT2D eigenvalue weighted by Crippen LogP contribution is 2.20. The standard InChI is InChI=1S/C15H20ClN3O/c1-2-15(20)14(17)10-19-6-5-12-4-3-11(8-18-16)7-13(12)9-19/h2-4,7,14,18H,1,5-6,8-10,17H2. The number of rotatable bonds is 6. The maximum atomic E-state index is 11.5. The number of ketones is 1. The summed E-state index contributed by atoms with van der Waals surface area (Å²) in [4.78, 5) is 16.3. The van der Waals surface area contributed by atoms with Crippen LogP contribution in [0.2, 0.25) is 0 Å². The third-order valence-electron chi connectivity index (χ3n) is 3.65. The fourth-order valence-electron chi connectivity index (χ4n) is 2.53. The van der Waals surface area contributed by atoms with Crippen molar-refractivity contribution in [3.63, 3.8) is 0 Å². The van der Waals surface area contributed by atoms with Gasteiger partial charge in [0, 0.05) is 26.2 Å². The zero-order valence-electron chi connectivity index (χ0n) is 11.4. The Morgan fingerprint density at radius 1 is 1.55 bits per heavy atom. The minimum atomic E-state index is -0.484. The molecule has 0 fully saturated rings. The molecule has 0 aliphatic carbocycles. The molecule has 2 rings (SSSR count). The normalized spacial score (nSPS) is 16.5. The van der Waals surface area contributed by atoms with Crippen molar-refractivity contribution in [1.82, 2.24) is 9.74 Å². The molecule has 0 spiro atoms. The van der Waals surface area contributed by atoms with Gasteiger partial charge in [-0.15, -0.1) is 0 Å². The first-order chi connectivity index (χ1) is 9.63. The van der Waals surface area contributed by atoms with E-state index < -0.39 is 6.04 Å². The fraction of sp³-hybridized carbons (Fsp3) is 0.400. The van der Waals surface area contributed by atoms with Crippen molar-refractivity contribution in [2.24, 2.45) is 5.73 Å². The van der Waals surface area contributed by atoms with Gasteiger partial charge in [-0.25, -0.2) is 4.84 Å². The van der Waals surface area contributed by atoms with Crippen molar-refractivity contribution in [3.8, 4) is 0 Å². The van der Waals surface area contributed by atoms with Crippen LogP contribution < -0.4 is 10.6 Å². The number of nitrogens with two attached hydrogens (primary N) is 1. The quantitative estimate of drug-likeness (QED) is 0.614. The van der Waals surface area contributed by atoms with Gasteiger partial charge in [-0.2, -0.15) is 0 Å². The van der Waals surface area contributed by atoms with Crippen LogP contribution in [0.3, 0.4) is 0 Å². The summed E-state index contributed by atoms with van der Waals surface area (Å²) in [5.41, 5.74) is 9.68. The number of benzene rings is 1.